The first-order valence-corrected chi connectivity index (χ1v) is 8.81. The third-order valence-electron chi connectivity index (χ3n) is 4.01. The molecule has 0 spiro atoms. The van der Waals surface area contributed by atoms with Gasteiger partial charge in [0.25, 0.3) is 5.56 Å². The van der Waals surface area contributed by atoms with E-state index in [-0.39, 0.29) is 24.8 Å². The van der Waals surface area contributed by atoms with Crippen LogP contribution in [0.2, 0.25) is 0 Å². The number of anilines is 1. The highest BCUT2D eigenvalue weighted by Gasteiger charge is 2.12. The van der Waals surface area contributed by atoms with Crippen molar-refractivity contribution in [1.82, 2.24) is 30.6 Å². The van der Waals surface area contributed by atoms with Crippen molar-refractivity contribution in [2.45, 2.75) is 33.9 Å². The topological polar surface area (TPSA) is 130 Å². The maximum absolute atomic E-state index is 12.6. The quantitative estimate of drug-likeness (QED) is 0.388. The molecular formula is C19H23N7O3. The number of aryl methyl sites for hydroxylation is 3. The summed E-state index contributed by atoms with van der Waals surface area (Å²) in [5.74, 6) is 1.78. The second-order valence-corrected chi connectivity index (χ2v) is 6.25. The third-order valence-corrected chi connectivity index (χ3v) is 4.01. The Hall–Kier alpha value is -3.87. The Morgan fingerprint density at radius 3 is 2.66 bits per heavy atom. The van der Waals surface area contributed by atoms with Crippen LogP contribution in [-0.2, 0) is 17.9 Å². The van der Waals surface area contributed by atoms with Crippen molar-refractivity contribution in [1.29, 1.82) is 0 Å². The molecule has 0 fully saturated rings. The number of urea groups is 1. The van der Waals surface area contributed by atoms with Gasteiger partial charge < -0.3 is 10.6 Å². The minimum atomic E-state index is -0.615. The van der Waals surface area contributed by atoms with Gasteiger partial charge >= 0.3 is 6.03 Å². The van der Waals surface area contributed by atoms with E-state index in [0.29, 0.717) is 12.2 Å². The summed E-state index contributed by atoms with van der Waals surface area (Å²) < 4.78 is 1.26. The number of rotatable bonds is 7. The summed E-state index contributed by atoms with van der Waals surface area (Å²) >= 11 is 0. The zero-order chi connectivity index (χ0) is 21.4. The number of carbonyl (C=O) groups is 2. The number of pyridine rings is 1. The number of aromatic nitrogens is 3. The lowest BCUT2D eigenvalue weighted by Gasteiger charge is -2.13. The Labute approximate surface area is 168 Å². The van der Waals surface area contributed by atoms with E-state index in [0.717, 1.165) is 17.0 Å². The first-order chi connectivity index (χ1) is 13.8. The number of terminal acetylenes is 1. The van der Waals surface area contributed by atoms with Crippen LogP contribution in [0, 0.1) is 33.1 Å². The zero-order valence-corrected chi connectivity index (χ0v) is 16.5. The number of hydrogen-bond acceptors (Lipinski definition) is 6. The van der Waals surface area contributed by atoms with E-state index in [1.165, 1.54) is 10.8 Å². The Bertz CT molecular complexity index is 1010. The molecule has 0 aliphatic carbocycles. The molecule has 0 saturated heterocycles. The van der Waals surface area contributed by atoms with Crippen LogP contribution in [0.1, 0.15) is 22.6 Å². The zero-order valence-electron chi connectivity index (χ0n) is 16.5. The number of nitrogens with zero attached hydrogens (tertiary/aromatic N) is 3. The normalized spacial score (nSPS) is 10.0. The van der Waals surface area contributed by atoms with E-state index in [1.807, 2.05) is 26.0 Å². The predicted molar refractivity (Wildman–Crippen MR) is 108 cm³/mol. The second kappa shape index (κ2) is 9.89. The lowest BCUT2D eigenvalue weighted by Crippen LogP contribution is -2.42. The molecule has 0 aromatic carbocycles. The number of nitrogens with one attached hydrogen (secondary N) is 4. The molecule has 0 radical (unpaired) electrons. The van der Waals surface area contributed by atoms with Crippen molar-refractivity contribution in [3.63, 3.8) is 0 Å². The summed E-state index contributed by atoms with van der Waals surface area (Å²) in [6.45, 7) is 5.58. The average molecular weight is 397 g/mol. The van der Waals surface area contributed by atoms with E-state index >= 15 is 0 Å². The van der Waals surface area contributed by atoms with Gasteiger partial charge in [0.2, 0.25) is 11.7 Å². The minimum absolute atomic E-state index is 0.0369. The van der Waals surface area contributed by atoms with Gasteiger partial charge in [0.05, 0.1) is 6.54 Å². The van der Waals surface area contributed by atoms with Crippen LogP contribution in [0.15, 0.2) is 23.1 Å². The molecule has 10 nitrogen and oxygen atoms in total. The summed E-state index contributed by atoms with van der Waals surface area (Å²) in [5.41, 5.74) is 7.25. The lowest BCUT2D eigenvalue weighted by atomic mass is 10.2. The molecular weight excluding hydrogens is 374 g/mol. The molecule has 4 N–H and O–H groups in total. The fourth-order valence-electron chi connectivity index (χ4n) is 2.44. The number of carbonyl (C=O) groups excluding carboxylic acids is 2. The molecule has 29 heavy (non-hydrogen) atoms. The molecule has 2 aromatic rings. The molecule has 3 amide bonds. The van der Waals surface area contributed by atoms with Gasteiger partial charge in [0.1, 0.15) is 6.54 Å². The van der Waals surface area contributed by atoms with Crippen molar-refractivity contribution in [3.05, 3.63) is 51.3 Å². The van der Waals surface area contributed by atoms with Gasteiger partial charge in [0, 0.05) is 29.8 Å². The fourth-order valence-corrected chi connectivity index (χ4v) is 2.44. The van der Waals surface area contributed by atoms with Crippen LogP contribution in [0.25, 0.3) is 0 Å². The number of hydrogen-bond donors (Lipinski definition) is 4. The van der Waals surface area contributed by atoms with Crippen LogP contribution in [0.3, 0.4) is 0 Å². The summed E-state index contributed by atoms with van der Waals surface area (Å²) in [7, 11) is 0. The Balaban J connectivity index is 2.02. The minimum Gasteiger partial charge on any atom is -0.350 e. The van der Waals surface area contributed by atoms with Crippen molar-refractivity contribution in [2.24, 2.45) is 0 Å². The van der Waals surface area contributed by atoms with Gasteiger partial charge in [-0.3, -0.25) is 30.0 Å². The predicted octanol–water partition coefficient (Wildman–Crippen LogP) is 0.139. The first-order valence-electron chi connectivity index (χ1n) is 8.81. The molecule has 0 atom stereocenters. The largest absolute Gasteiger partial charge is 0.350 e. The number of amides is 3. The van der Waals surface area contributed by atoms with Crippen LogP contribution < -0.4 is 27.0 Å². The Morgan fingerprint density at radius 2 is 1.97 bits per heavy atom. The van der Waals surface area contributed by atoms with Crippen molar-refractivity contribution < 1.29 is 9.59 Å². The monoisotopic (exact) mass is 397 g/mol. The van der Waals surface area contributed by atoms with Crippen LogP contribution in [0.5, 0.6) is 0 Å². The van der Waals surface area contributed by atoms with E-state index in [1.54, 1.807) is 6.92 Å². The van der Waals surface area contributed by atoms with Gasteiger partial charge in [-0.25, -0.2) is 9.78 Å². The summed E-state index contributed by atoms with van der Waals surface area (Å²) in [4.78, 5) is 44.7. The highest BCUT2D eigenvalue weighted by molar-refractivity contribution is 5.76. The molecule has 0 unspecified atom stereocenters. The smallest absolute Gasteiger partial charge is 0.334 e. The van der Waals surface area contributed by atoms with Gasteiger partial charge in [-0.1, -0.05) is 12.0 Å². The van der Waals surface area contributed by atoms with Crippen molar-refractivity contribution in [3.8, 4) is 12.3 Å². The Morgan fingerprint density at radius 1 is 1.21 bits per heavy atom. The summed E-state index contributed by atoms with van der Waals surface area (Å²) in [6, 6.07) is 3.16. The highest BCUT2D eigenvalue weighted by atomic mass is 16.2. The van der Waals surface area contributed by atoms with Crippen LogP contribution >= 0.6 is 0 Å². The first kappa shape index (κ1) is 21.4. The van der Waals surface area contributed by atoms with E-state index < -0.39 is 11.6 Å². The van der Waals surface area contributed by atoms with E-state index in [9.17, 15) is 14.4 Å². The van der Waals surface area contributed by atoms with Crippen molar-refractivity contribution in [2.75, 3.05) is 12.0 Å². The molecule has 0 aliphatic rings. The van der Waals surface area contributed by atoms with Crippen molar-refractivity contribution >= 4 is 17.8 Å². The molecule has 152 valence electrons. The SMILES string of the molecule is C#CCNC(=O)NNc1ncc(C)n(CC(=O)NCc2ccc(C)nc2C)c1=O. The number of hydrazine groups is 1. The maximum Gasteiger partial charge on any atom is 0.334 e. The van der Waals surface area contributed by atoms with Gasteiger partial charge in [-0.2, -0.15) is 0 Å². The van der Waals surface area contributed by atoms with Crippen LogP contribution in [0.4, 0.5) is 10.6 Å². The fraction of sp³-hybridized carbons (Fsp3) is 0.316. The summed E-state index contributed by atoms with van der Waals surface area (Å²) in [6.07, 6.45) is 6.47. The lowest BCUT2D eigenvalue weighted by molar-refractivity contribution is -0.121. The Kier molecular flexibility index (Phi) is 7.31. The van der Waals surface area contributed by atoms with Gasteiger partial charge in [-0.05, 0) is 32.4 Å². The molecule has 2 rings (SSSR count). The molecule has 2 heterocycles. The maximum atomic E-state index is 12.6. The molecule has 2 aromatic heterocycles. The van der Waals surface area contributed by atoms with Gasteiger partial charge in [-0.15, -0.1) is 6.42 Å². The molecule has 0 aliphatic heterocycles. The molecule has 0 bridgehead atoms. The second-order valence-electron chi connectivity index (χ2n) is 6.25. The van der Waals surface area contributed by atoms with Crippen LogP contribution in [-0.4, -0.2) is 33.0 Å². The summed E-state index contributed by atoms with van der Waals surface area (Å²) in [5, 5.41) is 5.14. The molecule has 10 heteroatoms. The third kappa shape index (κ3) is 6.07. The van der Waals surface area contributed by atoms with E-state index in [4.69, 9.17) is 6.42 Å². The van der Waals surface area contributed by atoms with E-state index in [2.05, 4.69) is 37.4 Å². The highest BCUT2D eigenvalue weighted by Crippen LogP contribution is 2.06. The molecule has 0 saturated carbocycles. The average Bonchev–Trinajstić information content (AvgIpc) is 2.68. The standard InChI is InChI=1S/C19H23N7O3/c1-5-8-20-19(29)25-24-17-18(28)26(13(3)9-22-17)11-16(27)21-10-15-7-6-12(2)23-14(15)4/h1,6-7,9H,8,10-11H2,2-4H3,(H,21,27)(H,22,24)(H2,20,25,29). The van der Waals surface area contributed by atoms with Gasteiger partial charge in [0.15, 0.2) is 0 Å².